The van der Waals surface area contributed by atoms with E-state index < -0.39 is 65.6 Å². The lowest BCUT2D eigenvalue weighted by Crippen LogP contribution is -2.35. The van der Waals surface area contributed by atoms with E-state index >= 15 is 0 Å². The van der Waals surface area contributed by atoms with E-state index in [-0.39, 0.29) is 29.6 Å². The Balaban J connectivity index is 1.64. The molecule has 232 valence electrons. The summed E-state index contributed by atoms with van der Waals surface area (Å²) in [6.45, 7) is 3.24. The Kier molecular flexibility index (Phi) is 8.91. The lowest BCUT2D eigenvalue weighted by Gasteiger charge is -2.31. The van der Waals surface area contributed by atoms with E-state index in [0.29, 0.717) is 37.8 Å². The van der Waals surface area contributed by atoms with Crippen LogP contribution in [0.3, 0.4) is 0 Å². The van der Waals surface area contributed by atoms with Crippen LogP contribution < -0.4 is 5.32 Å². The fourth-order valence-corrected chi connectivity index (χ4v) is 5.13. The van der Waals surface area contributed by atoms with Crippen LogP contribution in [-0.4, -0.2) is 40.8 Å². The van der Waals surface area contributed by atoms with Crippen LogP contribution in [0, 0.1) is 0 Å². The quantitative estimate of drug-likeness (QED) is 0.321. The van der Waals surface area contributed by atoms with Crippen molar-refractivity contribution in [3.63, 3.8) is 0 Å². The van der Waals surface area contributed by atoms with Gasteiger partial charge in [-0.25, -0.2) is 9.78 Å². The van der Waals surface area contributed by atoms with Gasteiger partial charge < -0.3 is 14.8 Å². The highest BCUT2D eigenvalue weighted by Gasteiger charge is 2.44. The molecule has 6 nitrogen and oxygen atoms in total. The zero-order valence-corrected chi connectivity index (χ0v) is 22.5. The number of hydrogen-bond donors (Lipinski definition) is 1. The van der Waals surface area contributed by atoms with E-state index in [1.54, 1.807) is 0 Å². The second-order valence-electron chi connectivity index (χ2n) is 10.4. The van der Waals surface area contributed by atoms with Gasteiger partial charge in [-0.15, -0.1) is 0 Å². The van der Waals surface area contributed by atoms with Crippen LogP contribution >= 0.6 is 0 Å². The number of ether oxygens (including phenoxy) is 2. The van der Waals surface area contributed by atoms with Crippen LogP contribution in [-0.2, 0) is 34.5 Å². The lowest BCUT2D eigenvalue weighted by molar-refractivity contribution is -0.143. The number of pyridine rings is 1. The van der Waals surface area contributed by atoms with Crippen molar-refractivity contribution in [2.24, 2.45) is 0 Å². The minimum Gasteiger partial charge on any atom is -0.439 e. The highest BCUT2D eigenvalue weighted by molar-refractivity contribution is 5.71. The van der Waals surface area contributed by atoms with E-state index in [4.69, 9.17) is 9.47 Å². The molecule has 2 aliphatic heterocycles. The van der Waals surface area contributed by atoms with Gasteiger partial charge in [0.1, 0.15) is 11.9 Å². The third-order valence-electron chi connectivity index (χ3n) is 7.28. The van der Waals surface area contributed by atoms with Crippen molar-refractivity contribution in [1.82, 2.24) is 9.88 Å². The molecule has 1 amide bonds. The number of benzene rings is 1. The van der Waals surface area contributed by atoms with Crippen molar-refractivity contribution in [3.05, 3.63) is 58.3 Å². The molecule has 3 heterocycles. The molecule has 2 fully saturated rings. The second kappa shape index (κ2) is 11.8. The van der Waals surface area contributed by atoms with E-state index in [1.807, 2.05) is 6.92 Å². The van der Waals surface area contributed by atoms with Crippen molar-refractivity contribution < 1.29 is 53.8 Å². The fraction of sp³-hybridized carbons (Fsp3) is 0.556. The van der Waals surface area contributed by atoms with Crippen LogP contribution in [0.5, 0.6) is 0 Å². The van der Waals surface area contributed by atoms with E-state index in [0.717, 1.165) is 23.8 Å². The molecule has 4 atom stereocenters. The molecule has 2 aromatic rings. The fourth-order valence-electron chi connectivity index (χ4n) is 5.13. The molecule has 4 rings (SSSR count). The predicted octanol–water partition coefficient (Wildman–Crippen LogP) is 7.98. The Morgan fingerprint density at radius 3 is 2.14 bits per heavy atom. The van der Waals surface area contributed by atoms with Gasteiger partial charge in [0.25, 0.3) is 0 Å². The van der Waals surface area contributed by atoms with Gasteiger partial charge in [0.05, 0.1) is 35.4 Å². The Labute approximate surface area is 235 Å². The highest BCUT2D eigenvalue weighted by atomic mass is 19.4. The average molecular weight is 614 g/mol. The number of halogens is 9. The first-order chi connectivity index (χ1) is 19.5. The zero-order valence-electron chi connectivity index (χ0n) is 22.5. The monoisotopic (exact) mass is 613 g/mol. The minimum absolute atomic E-state index is 0.0453. The number of amides is 1. The molecule has 1 N–H and O–H groups in total. The summed E-state index contributed by atoms with van der Waals surface area (Å²) in [7, 11) is 0. The number of cyclic esters (lactones) is 1. The Bertz CT molecular complexity index is 1250. The number of rotatable bonds is 7. The standard InChI is InChI=1S/C27H28F9N3O3/c1-3-4-21-11-20(5-6-41-21)38-23-16(9-19(12-37-23)27(34,35)36)13-39-14(2)22(42-24(39)40)15-7-17(25(28,29)30)10-18(8-15)26(31,32)33/h7-10,12,14,20-22H,3-6,11,13H2,1-2H3,(H,37,38)/t14-,20?,21?,22-/m0/s1. The number of carbonyl (C=O) groups is 1. The van der Waals surface area contributed by atoms with Gasteiger partial charge in [-0.1, -0.05) is 13.3 Å². The molecule has 0 saturated carbocycles. The average Bonchev–Trinajstić information content (AvgIpc) is 3.16. The van der Waals surface area contributed by atoms with Gasteiger partial charge in [0.2, 0.25) is 0 Å². The largest absolute Gasteiger partial charge is 0.439 e. The maximum atomic E-state index is 13.5. The summed E-state index contributed by atoms with van der Waals surface area (Å²) in [5.41, 5.74) is -4.86. The number of anilines is 1. The maximum Gasteiger partial charge on any atom is 0.417 e. The van der Waals surface area contributed by atoms with Gasteiger partial charge in [-0.05, 0) is 56.0 Å². The second-order valence-corrected chi connectivity index (χ2v) is 10.4. The zero-order chi connectivity index (χ0) is 31.0. The van der Waals surface area contributed by atoms with Crippen LogP contribution in [0.2, 0.25) is 0 Å². The normalized spacial score (nSPS) is 23.7. The predicted molar refractivity (Wildman–Crippen MR) is 131 cm³/mol. The molecular weight excluding hydrogens is 585 g/mol. The topological polar surface area (TPSA) is 63.7 Å². The van der Waals surface area contributed by atoms with Gasteiger partial charge >= 0.3 is 24.6 Å². The molecular formula is C27H28F9N3O3. The Morgan fingerprint density at radius 1 is 0.952 bits per heavy atom. The summed E-state index contributed by atoms with van der Waals surface area (Å²) in [5, 5.41) is 3.12. The van der Waals surface area contributed by atoms with Crippen LogP contribution in [0.4, 0.5) is 50.1 Å². The summed E-state index contributed by atoms with van der Waals surface area (Å²) in [6.07, 6.45) is -14.3. The van der Waals surface area contributed by atoms with Crippen LogP contribution in [0.25, 0.3) is 0 Å². The van der Waals surface area contributed by atoms with Crippen LogP contribution in [0.15, 0.2) is 30.5 Å². The summed E-state index contributed by atoms with van der Waals surface area (Å²) < 4.78 is 132. The molecule has 2 saturated heterocycles. The van der Waals surface area contributed by atoms with Crippen molar-refractivity contribution in [2.75, 3.05) is 11.9 Å². The summed E-state index contributed by atoms with van der Waals surface area (Å²) in [4.78, 5) is 17.7. The summed E-state index contributed by atoms with van der Waals surface area (Å²) in [6, 6.07) is 0.350. The number of hydrogen-bond acceptors (Lipinski definition) is 5. The van der Waals surface area contributed by atoms with Crippen molar-refractivity contribution in [3.8, 4) is 0 Å². The summed E-state index contributed by atoms with van der Waals surface area (Å²) in [5.74, 6) is 0.0621. The SMILES string of the molecule is CCCC1CC(Nc2ncc(C(F)(F)F)cc2CN2C(=O)O[C@H](c3cc(C(F)(F)F)cc(C(F)(F)F)c3)[C@@H]2C)CCO1. The molecule has 0 spiro atoms. The van der Waals surface area contributed by atoms with Gasteiger partial charge in [0.15, 0.2) is 0 Å². The molecule has 0 radical (unpaired) electrons. The van der Waals surface area contributed by atoms with Gasteiger partial charge in [-0.2, -0.15) is 39.5 Å². The molecule has 0 aliphatic carbocycles. The molecule has 2 aliphatic rings. The number of nitrogens with one attached hydrogen (secondary N) is 1. The third kappa shape index (κ3) is 7.21. The van der Waals surface area contributed by atoms with E-state index in [1.165, 1.54) is 6.92 Å². The molecule has 42 heavy (non-hydrogen) atoms. The third-order valence-corrected chi connectivity index (χ3v) is 7.28. The first kappa shape index (κ1) is 31.7. The highest BCUT2D eigenvalue weighted by Crippen LogP contribution is 2.41. The lowest BCUT2D eigenvalue weighted by atomic mass is 9.97. The molecule has 15 heteroatoms. The van der Waals surface area contributed by atoms with Crippen molar-refractivity contribution in [1.29, 1.82) is 0 Å². The number of alkyl halides is 9. The molecule has 1 aromatic carbocycles. The van der Waals surface area contributed by atoms with Crippen molar-refractivity contribution >= 4 is 11.9 Å². The first-order valence-electron chi connectivity index (χ1n) is 13.2. The van der Waals surface area contributed by atoms with Gasteiger partial charge in [0, 0.05) is 24.4 Å². The van der Waals surface area contributed by atoms with Gasteiger partial charge in [-0.3, -0.25) is 4.90 Å². The number of carbonyl (C=O) groups excluding carboxylic acids is 1. The van der Waals surface area contributed by atoms with E-state index in [2.05, 4.69) is 10.3 Å². The maximum absolute atomic E-state index is 13.5. The summed E-state index contributed by atoms with van der Waals surface area (Å²) >= 11 is 0. The molecule has 0 bridgehead atoms. The number of aromatic nitrogens is 1. The number of nitrogens with zero attached hydrogens (tertiary/aromatic N) is 2. The van der Waals surface area contributed by atoms with Crippen molar-refractivity contribution in [2.45, 2.75) is 88.9 Å². The van der Waals surface area contributed by atoms with Crippen LogP contribution in [0.1, 0.15) is 73.5 Å². The molecule has 2 unspecified atom stereocenters. The van der Waals surface area contributed by atoms with E-state index in [9.17, 15) is 44.3 Å². The Hall–Kier alpha value is -3.23. The smallest absolute Gasteiger partial charge is 0.417 e. The Morgan fingerprint density at radius 2 is 1.57 bits per heavy atom. The minimum atomic E-state index is -5.12. The first-order valence-corrected chi connectivity index (χ1v) is 13.2. The molecule has 1 aromatic heterocycles.